The van der Waals surface area contributed by atoms with Crippen LogP contribution in [0.2, 0.25) is 0 Å². The van der Waals surface area contributed by atoms with Gasteiger partial charge in [0.1, 0.15) is 0 Å². The zero-order chi connectivity index (χ0) is 17.4. The van der Waals surface area contributed by atoms with Crippen molar-refractivity contribution in [3.63, 3.8) is 0 Å². The lowest BCUT2D eigenvalue weighted by atomic mass is 10.2. The minimum absolute atomic E-state index is 0.144. The van der Waals surface area contributed by atoms with Crippen LogP contribution in [0.15, 0.2) is 30.3 Å². The summed E-state index contributed by atoms with van der Waals surface area (Å²) in [6.07, 6.45) is 4.61. The first-order valence-corrected chi connectivity index (χ1v) is 8.73. The van der Waals surface area contributed by atoms with Crippen LogP contribution in [0, 0.1) is 13.8 Å². The molecule has 5 heteroatoms. The second-order valence-electron chi connectivity index (χ2n) is 6.23. The van der Waals surface area contributed by atoms with Crippen molar-refractivity contribution in [2.45, 2.75) is 53.0 Å². The summed E-state index contributed by atoms with van der Waals surface area (Å²) >= 11 is 0. The second kappa shape index (κ2) is 9.11. The number of rotatable bonds is 8. The first kappa shape index (κ1) is 18.0. The van der Waals surface area contributed by atoms with E-state index in [0.29, 0.717) is 6.54 Å². The maximum atomic E-state index is 11.9. The van der Waals surface area contributed by atoms with E-state index >= 15 is 0 Å². The van der Waals surface area contributed by atoms with E-state index in [1.165, 1.54) is 12.8 Å². The lowest BCUT2D eigenvalue weighted by Gasteiger charge is -2.10. The number of hydrogen-bond acceptors (Lipinski definition) is 2. The summed E-state index contributed by atoms with van der Waals surface area (Å²) in [6, 6.07) is 9.82. The number of hydrogen-bond donors (Lipinski definition) is 2. The number of nitrogens with one attached hydrogen (secondary N) is 2. The van der Waals surface area contributed by atoms with Crippen molar-refractivity contribution in [2.75, 3.05) is 11.9 Å². The fourth-order valence-corrected chi connectivity index (χ4v) is 2.68. The van der Waals surface area contributed by atoms with Crippen LogP contribution in [0.3, 0.4) is 0 Å². The van der Waals surface area contributed by atoms with E-state index in [9.17, 15) is 4.79 Å². The van der Waals surface area contributed by atoms with Gasteiger partial charge in [-0.25, -0.2) is 4.79 Å². The number of urea groups is 1. The van der Waals surface area contributed by atoms with Gasteiger partial charge in [-0.15, -0.1) is 0 Å². The van der Waals surface area contributed by atoms with Crippen LogP contribution in [0.5, 0.6) is 0 Å². The van der Waals surface area contributed by atoms with E-state index in [1.54, 1.807) is 0 Å². The molecule has 0 fully saturated rings. The zero-order valence-electron chi connectivity index (χ0n) is 14.9. The highest BCUT2D eigenvalue weighted by molar-refractivity contribution is 5.89. The van der Waals surface area contributed by atoms with Gasteiger partial charge in [0.05, 0.1) is 12.2 Å². The van der Waals surface area contributed by atoms with E-state index in [1.807, 2.05) is 42.8 Å². The predicted octanol–water partition coefficient (Wildman–Crippen LogP) is 4.25. The molecule has 1 aromatic heterocycles. The Labute approximate surface area is 144 Å². The largest absolute Gasteiger partial charge is 0.338 e. The van der Waals surface area contributed by atoms with Crippen LogP contribution in [0.25, 0.3) is 0 Å². The number of nitrogens with zero attached hydrogens (tertiary/aromatic N) is 2. The minimum Gasteiger partial charge on any atom is -0.338 e. The molecule has 2 rings (SSSR count). The average molecular weight is 328 g/mol. The second-order valence-corrected chi connectivity index (χ2v) is 6.23. The Morgan fingerprint density at radius 1 is 1.17 bits per heavy atom. The molecule has 2 amide bonds. The number of benzene rings is 1. The van der Waals surface area contributed by atoms with Gasteiger partial charge in [0.25, 0.3) is 0 Å². The normalized spacial score (nSPS) is 10.6. The van der Waals surface area contributed by atoms with E-state index in [4.69, 9.17) is 0 Å². The summed E-state index contributed by atoms with van der Waals surface area (Å²) in [4.78, 5) is 11.9. The summed E-state index contributed by atoms with van der Waals surface area (Å²) in [5, 5.41) is 10.3. The maximum Gasteiger partial charge on any atom is 0.319 e. The molecule has 1 aromatic carbocycles. The molecule has 2 aromatic rings. The molecule has 0 aliphatic rings. The summed E-state index contributed by atoms with van der Waals surface area (Å²) in [5.41, 5.74) is 4.07. The summed E-state index contributed by atoms with van der Waals surface area (Å²) < 4.78 is 1.97. The Kier molecular flexibility index (Phi) is 6.85. The van der Waals surface area contributed by atoms with Gasteiger partial charge in [0, 0.05) is 17.9 Å². The van der Waals surface area contributed by atoms with Crippen LogP contribution < -0.4 is 10.6 Å². The van der Waals surface area contributed by atoms with E-state index < -0.39 is 0 Å². The summed E-state index contributed by atoms with van der Waals surface area (Å²) in [6.45, 7) is 7.64. The smallest absolute Gasteiger partial charge is 0.319 e. The predicted molar refractivity (Wildman–Crippen MR) is 98.4 cm³/mol. The van der Waals surface area contributed by atoms with Crippen molar-refractivity contribution in [3.8, 4) is 0 Å². The van der Waals surface area contributed by atoms with Gasteiger partial charge in [-0.1, -0.05) is 38.3 Å². The van der Waals surface area contributed by atoms with Gasteiger partial charge in [-0.3, -0.25) is 4.68 Å². The molecule has 5 nitrogen and oxygen atoms in total. The molecule has 0 aliphatic heterocycles. The summed E-state index contributed by atoms with van der Waals surface area (Å²) in [7, 11) is 0. The molecule has 0 unspecified atom stereocenters. The average Bonchev–Trinajstić information content (AvgIpc) is 2.85. The van der Waals surface area contributed by atoms with E-state index in [0.717, 1.165) is 42.0 Å². The van der Waals surface area contributed by atoms with Gasteiger partial charge >= 0.3 is 6.03 Å². The number of amides is 2. The molecule has 0 saturated carbocycles. The van der Waals surface area contributed by atoms with E-state index in [-0.39, 0.29) is 6.03 Å². The van der Waals surface area contributed by atoms with Gasteiger partial charge < -0.3 is 10.6 Å². The molecular formula is C19H28N4O. The number of anilines is 1. The number of aryl methyl sites for hydroxylation is 2. The lowest BCUT2D eigenvalue weighted by Crippen LogP contribution is -2.29. The molecular weight excluding hydrogens is 300 g/mol. The number of carbonyl (C=O) groups is 1. The zero-order valence-corrected chi connectivity index (χ0v) is 14.9. The topological polar surface area (TPSA) is 59.0 Å². The van der Waals surface area contributed by atoms with Crippen molar-refractivity contribution in [1.29, 1.82) is 0 Å². The van der Waals surface area contributed by atoms with Gasteiger partial charge in [0.15, 0.2) is 0 Å². The third-order valence-electron chi connectivity index (χ3n) is 3.94. The fourth-order valence-electron chi connectivity index (χ4n) is 2.68. The standard InChI is InChI=1S/C19H28N4O/c1-4-5-6-7-11-20-19(24)21-18-10-8-9-17(13-18)14-23-16(3)12-15(2)22-23/h8-10,12-13H,4-7,11,14H2,1-3H3,(H2,20,21,24). The van der Waals surface area contributed by atoms with Crippen molar-refractivity contribution in [3.05, 3.63) is 47.3 Å². The Morgan fingerprint density at radius 3 is 2.71 bits per heavy atom. The van der Waals surface area contributed by atoms with Crippen molar-refractivity contribution in [1.82, 2.24) is 15.1 Å². The van der Waals surface area contributed by atoms with Gasteiger partial charge in [-0.05, 0) is 44.0 Å². The van der Waals surface area contributed by atoms with E-state index in [2.05, 4.69) is 28.7 Å². The SMILES string of the molecule is CCCCCCNC(=O)Nc1cccc(Cn2nc(C)cc2C)c1. The number of carbonyl (C=O) groups excluding carboxylic acids is 1. The molecule has 0 aliphatic carbocycles. The highest BCUT2D eigenvalue weighted by Crippen LogP contribution is 2.13. The Morgan fingerprint density at radius 2 is 2.00 bits per heavy atom. The third-order valence-corrected chi connectivity index (χ3v) is 3.94. The van der Waals surface area contributed by atoms with Crippen molar-refractivity contribution >= 4 is 11.7 Å². The Balaban J connectivity index is 1.86. The molecule has 0 atom stereocenters. The monoisotopic (exact) mass is 328 g/mol. The van der Waals surface area contributed by atoms with Gasteiger partial charge in [-0.2, -0.15) is 5.10 Å². The molecule has 2 N–H and O–H groups in total. The third kappa shape index (κ3) is 5.72. The fraction of sp³-hybridized carbons (Fsp3) is 0.474. The van der Waals surface area contributed by atoms with Crippen molar-refractivity contribution < 1.29 is 4.79 Å². The lowest BCUT2D eigenvalue weighted by molar-refractivity contribution is 0.252. The number of unbranched alkanes of at least 4 members (excludes halogenated alkanes) is 3. The first-order valence-electron chi connectivity index (χ1n) is 8.73. The number of aromatic nitrogens is 2. The quantitative estimate of drug-likeness (QED) is 0.712. The highest BCUT2D eigenvalue weighted by atomic mass is 16.2. The van der Waals surface area contributed by atoms with Crippen LogP contribution in [-0.2, 0) is 6.54 Å². The highest BCUT2D eigenvalue weighted by Gasteiger charge is 2.05. The molecule has 0 saturated heterocycles. The Bertz CT molecular complexity index is 663. The van der Waals surface area contributed by atoms with Crippen LogP contribution in [0.4, 0.5) is 10.5 Å². The molecule has 0 spiro atoms. The molecule has 24 heavy (non-hydrogen) atoms. The van der Waals surface area contributed by atoms with Gasteiger partial charge in [0.2, 0.25) is 0 Å². The maximum absolute atomic E-state index is 11.9. The van der Waals surface area contributed by atoms with Crippen LogP contribution >= 0.6 is 0 Å². The first-order chi connectivity index (χ1) is 11.6. The molecule has 0 radical (unpaired) electrons. The van der Waals surface area contributed by atoms with Crippen LogP contribution in [-0.4, -0.2) is 22.4 Å². The molecule has 0 bridgehead atoms. The molecule has 130 valence electrons. The molecule has 1 heterocycles. The minimum atomic E-state index is -0.144. The summed E-state index contributed by atoms with van der Waals surface area (Å²) in [5.74, 6) is 0. The Hall–Kier alpha value is -2.30. The van der Waals surface area contributed by atoms with Crippen molar-refractivity contribution in [2.24, 2.45) is 0 Å². The van der Waals surface area contributed by atoms with Crippen LogP contribution in [0.1, 0.15) is 49.6 Å².